The summed E-state index contributed by atoms with van der Waals surface area (Å²) in [5.41, 5.74) is 1.80. The molecule has 0 aromatic heterocycles. The van der Waals surface area contributed by atoms with Crippen molar-refractivity contribution in [3.05, 3.63) is 23.3 Å². The predicted molar refractivity (Wildman–Crippen MR) is 85.0 cm³/mol. The molecule has 1 aromatic rings. The number of carbonyl (C=O) groups excluding carboxylic acids is 1. The van der Waals surface area contributed by atoms with Crippen LogP contribution in [-0.4, -0.2) is 43.8 Å². The second-order valence-corrected chi connectivity index (χ2v) is 7.03. The molecule has 1 unspecified atom stereocenters. The average Bonchev–Trinajstić information content (AvgIpc) is 2.53. The van der Waals surface area contributed by atoms with E-state index in [0.717, 1.165) is 36.9 Å². The Balaban J connectivity index is 1.90. The van der Waals surface area contributed by atoms with Gasteiger partial charge in [-0.1, -0.05) is 6.07 Å². The minimum absolute atomic E-state index is 0.152. The number of ether oxygens (including phenoxy) is 2. The van der Waals surface area contributed by atoms with Crippen molar-refractivity contribution in [2.75, 3.05) is 20.8 Å². The fraction of sp³-hybridized carbons (Fsp3) is 0.611. The van der Waals surface area contributed by atoms with E-state index in [9.17, 15) is 9.90 Å². The first-order valence-electron chi connectivity index (χ1n) is 8.29. The number of methoxy groups -OCH3 is 2. The van der Waals surface area contributed by atoms with E-state index in [1.807, 2.05) is 12.1 Å². The zero-order valence-electron chi connectivity index (χ0n) is 13.6. The van der Waals surface area contributed by atoms with E-state index < -0.39 is 0 Å². The van der Waals surface area contributed by atoms with Gasteiger partial charge >= 0.3 is 0 Å². The lowest BCUT2D eigenvalue weighted by Crippen LogP contribution is -2.62. The summed E-state index contributed by atoms with van der Waals surface area (Å²) in [5.74, 6) is 1.18. The molecular weight excluding hydrogens is 294 g/mol. The fourth-order valence-corrected chi connectivity index (χ4v) is 5.17. The third-order valence-corrected chi connectivity index (χ3v) is 6.16. The van der Waals surface area contributed by atoms with Crippen LogP contribution >= 0.6 is 0 Å². The minimum atomic E-state index is -0.315. The van der Waals surface area contributed by atoms with Crippen LogP contribution < -0.4 is 10.1 Å². The number of fused-ring (bicyclic) bond motifs is 1. The Morgan fingerprint density at radius 2 is 2.17 bits per heavy atom. The van der Waals surface area contributed by atoms with Gasteiger partial charge in [0.05, 0.1) is 7.11 Å². The maximum atomic E-state index is 12.6. The molecule has 3 aliphatic rings. The van der Waals surface area contributed by atoms with Gasteiger partial charge in [0.2, 0.25) is 0 Å². The Morgan fingerprint density at radius 3 is 2.91 bits per heavy atom. The molecule has 4 rings (SSSR count). The first-order chi connectivity index (χ1) is 11.1. The summed E-state index contributed by atoms with van der Waals surface area (Å²) in [6.45, 7) is 0.877. The number of Topliss-reactive ketones (excluding diaryl/α,β-unsaturated/α-hetero) is 1. The highest BCUT2D eigenvalue weighted by Gasteiger charge is 2.57. The molecule has 5 heteroatoms. The topological polar surface area (TPSA) is 67.8 Å². The number of phenols is 1. The van der Waals surface area contributed by atoms with Gasteiger partial charge in [0, 0.05) is 30.6 Å². The molecule has 1 aromatic carbocycles. The second-order valence-electron chi connectivity index (χ2n) is 7.03. The van der Waals surface area contributed by atoms with Crippen molar-refractivity contribution in [3.8, 4) is 11.5 Å². The lowest BCUT2D eigenvalue weighted by molar-refractivity contribution is -0.138. The van der Waals surface area contributed by atoms with Crippen molar-refractivity contribution >= 4 is 5.78 Å². The summed E-state index contributed by atoms with van der Waals surface area (Å²) in [7, 11) is 3.18. The smallest absolute Gasteiger partial charge is 0.162 e. The zero-order chi connectivity index (χ0) is 16.2. The summed E-state index contributed by atoms with van der Waals surface area (Å²) >= 11 is 0. The summed E-state index contributed by atoms with van der Waals surface area (Å²) < 4.78 is 10.7. The van der Waals surface area contributed by atoms with Gasteiger partial charge in [-0.05, 0) is 43.4 Å². The van der Waals surface area contributed by atoms with Gasteiger partial charge in [-0.3, -0.25) is 4.79 Å². The van der Waals surface area contributed by atoms with Crippen LogP contribution in [0.25, 0.3) is 0 Å². The highest BCUT2D eigenvalue weighted by atomic mass is 16.5. The molecule has 1 aliphatic heterocycles. The minimum Gasteiger partial charge on any atom is -0.504 e. The van der Waals surface area contributed by atoms with Gasteiger partial charge in [-0.15, -0.1) is 0 Å². The molecule has 2 fully saturated rings. The number of piperidine rings is 1. The van der Waals surface area contributed by atoms with E-state index >= 15 is 0 Å². The van der Waals surface area contributed by atoms with Crippen LogP contribution in [0.2, 0.25) is 0 Å². The Morgan fingerprint density at radius 1 is 1.35 bits per heavy atom. The molecule has 4 atom stereocenters. The van der Waals surface area contributed by atoms with Crippen LogP contribution in [0.15, 0.2) is 12.1 Å². The lowest BCUT2D eigenvalue weighted by atomic mass is 9.52. The van der Waals surface area contributed by atoms with Gasteiger partial charge in [-0.25, -0.2) is 0 Å². The van der Waals surface area contributed by atoms with Crippen molar-refractivity contribution in [2.45, 2.75) is 43.2 Å². The third-order valence-electron chi connectivity index (χ3n) is 6.16. The van der Waals surface area contributed by atoms with Gasteiger partial charge in [0.15, 0.2) is 17.3 Å². The number of aromatic hydroxyl groups is 1. The number of phenolic OH excluding ortho intramolecular Hbond substituents is 1. The summed E-state index contributed by atoms with van der Waals surface area (Å²) in [6, 6.07) is 4.21. The van der Waals surface area contributed by atoms with E-state index in [1.165, 1.54) is 0 Å². The molecule has 0 amide bonds. The molecule has 1 heterocycles. The van der Waals surface area contributed by atoms with E-state index in [-0.39, 0.29) is 23.1 Å². The maximum absolute atomic E-state index is 12.6. The van der Waals surface area contributed by atoms with E-state index in [0.29, 0.717) is 24.1 Å². The standard InChI is InChI=1S/C18H23NO4/c1-22-14-4-3-10-7-12-11-8-15(23-2)13(20)9-18(11,5-6-19-12)16(10)17(14)21/h3-4,11-12,15,19,21H,5-9H2,1-2H3/t11-,12+,15?,18-/m1/s1. The summed E-state index contributed by atoms with van der Waals surface area (Å²) in [5, 5.41) is 14.4. The molecule has 0 spiro atoms. The van der Waals surface area contributed by atoms with Gasteiger partial charge < -0.3 is 19.9 Å². The quantitative estimate of drug-likeness (QED) is 0.866. The number of hydrogen-bond donors (Lipinski definition) is 2. The number of hydrogen-bond acceptors (Lipinski definition) is 5. The van der Waals surface area contributed by atoms with E-state index in [4.69, 9.17) is 9.47 Å². The molecule has 1 saturated heterocycles. The van der Waals surface area contributed by atoms with Crippen molar-refractivity contribution in [3.63, 3.8) is 0 Å². The summed E-state index contributed by atoms with van der Waals surface area (Å²) in [4.78, 5) is 12.6. The van der Waals surface area contributed by atoms with Gasteiger partial charge in [-0.2, -0.15) is 0 Å². The normalized spacial score (nSPS) is 35.4. The molecule has 2 aliphatic carbocycles. The Hall–Kier alpha value is -1.59. The molecule has 2 bridgehead atoms. The van der Waals surface area contributed by atoms with Crippen molar-refractivity contribution in [2.24, 2.45) is 5.92 Å². The largest absolute Gasteiger partial charge is 0.504 e. The fourth-order valence-electron chi connectivity index (χ4n) is 5.17. The molecule has 23 heavy (non-hydrogen) atoms. The first kappa shape index (κ1) is 15.0. The number of ketones is 1. The number of benzene rings is 1. The number of carbonyl (C=O) groups is 1. The van der Waals surface area contributed by atoms with Crippen LogP contribution in [0.4, 0.5) is 0 Å². The van der Waals surface area contributed by atoms with Crippen molar-refractivity contribution in [1.82, 2.24) is 5.32 Å². The number of rotatable bonds is 2. The van der Waals surface area contributed by atoms with Gasteiger partial charge in [0.1, 0.15) is 6.10 Å². The van der Waals surface area contributed by atoms with E-state index in [2.05, 4.69) is 5.32 Å². The maximum Gasteiger partial charge on any atom is 0.162 e. The molecular formula is C18H23NO4. The molecule has 5 nitrogen and oxygen atoms in total. The van der Waals surface area contributed by atoms with Crippen molar-refractivity contribution in [1.29, 1.82) is 0 Å². The van der Waals surface area contributed by atoms with E-state index in [1.54, 1.807) is 14.2 Å². The SMILES string of the molecule is COc1ccc2c(c1O)[C@@]13CCN[C@@H](C2)[C@H]1CC(OC)C(=O)C3. The van der Waals surface area contributed by atoms with Crippen LogP contribution in [0.5, 0.6) is 11.5 Å². The zero-order valence-corrected chi connectivity index (χ0v) is 13.6. The monoisotopic (exact) mass is 317 g/mol. The summed E-state index contributed by atoms with van der Waals surface area (Å²) in [6.07, 6.45) is 2.60. The highest BCUT2D eigenvalue weighted by molar-refractivity contribution is 5.86. The lowest BCUT2D eigenvalue weighted by Gasteiger charge is -2.56. The molecule has 0 radical (unpaired) electrons. The second kappa shape index (κ2) is 5.21. The van der Waals surface area contributed by atoms with Crippen molar-refractivity contribution < 1.29 is 19.4 Å². The first-order valence-corrected chi connectivity index (χ1v) is 8.29. The Kier molecular flexibility index (Phi) is 3.39. The number of nitrogens with one attached hydrogen (secondary N) is 1. The highest BCUT2D eigenvalue weighted by Crippen LogP contribution is 2.57. The molecule has 1 saturated carbocycles. The average molecular weight is 317 g/mol. The third kappa shape index (κ3) is 1.96. The Labute approximate surface area is 136 Å². The van der Waals surface area contributed by atoms with Crippen LogP contribution in [0, 0.1) is 5.92 Å². The predicted octanol–water partition coefficient (Wildman–Crippen LogP) is 1.55. The van der Waals surface area contributed by atoms with Gasteiger partial charge in [0.25, 0.3) is 0 Å². The molecule has 124 valence electrons. The Bertz CT molecular complexity index is 659. The van der Waals surface area contributed by atoms with Crippen LogP contribution in [0.1, 0.15) is 30.4 Å². The molecule has 2 N–H and O–H groups in total. The van der Waals surface area contributed by atoms with Crippen LogP contribution in [0.3, 0.4) is 0 Å². The van der Waals surface area contributed by atoms with Crippen LogP contribution in [-0.2, 0) is 21.4 Å².